The molecule has 126 valence electrons. The number of carbonyl (C=O) groups is 1. The molecule has 22 heavy (non-hydrogen) atoms. The molecule has 2 unspecified atom stereocenters. The van der Waals surface area contributed by atoms with Gasteiger partial charge in [-0.25, -0.2) is 4.98 Å². The Labute approximate surface area is 142 Å². The lowest BCUT2D eigenvalue weighted by Crippen LogP contribution is -2.64. The molecule has 0 spiro atoms. The van der Waals surface area contributed by atoms with Crippen LogP contribution in [0.2, 0.25) is 0 Å². The van der Waals surface area contributed by atoms with Gasteiger partial charge in [-0.15, -0.1) is 23.7 Å². The molecule has 1 aromatic rings. The van der Waals surface area contributed by atoms with Crippen molar-refractivity contribution in [2.24, 2.45) is 11.1 Å². The van der Waals surface area contributed by atoms with Crippen LogP contribution >= 0.6 is 23.7 Å². The highest BCUT2D eigenvalue weighted by molar-refractivity contribution is 7.09. The molecule has 0 aromatic carbocycles. The van der Waals surface area contributed by atoms with Crippen molar-refractivity contribution in [3.05, 3.63) is 16.1 Å². The highest BCUT2D eigenvalue weighted by Crippen LogP contribution is 2.48. The summed E-state index contributed by atoms with van der Waals surface area (Å²) in [5, 5.41) is 5.87. The Morgan fingerprint density at radius 1 is 1.55 bits per heavy atom. The van der Waals surface area contributed by atoms with Crippen molar-refractivity contribution in [3.8, 4) is 0 Å². The Morgan fingerprint density at radius 3 is 2.77 bits per heavy atom. The van der Waals surface area contributed by atoms with Crippen LogP contribution in [-0.2, 0) is 11.2 Å². The molecule has 0 radical (unpaired) electrons. The normalized spacial score (nSPS) is 22.5. The second-order valence-electron chi connectivity index (χ2n) is 5.59. The van der Waals surface area contributed by atoms with Crippen LogP contribution in [0.4, 0.5) is 0 Å². The number of methoxy groups -OCH3 is 1. The van der Waals surface area contributed by atoms with E-state index in [-0.39, 0.29) is 35.9 Å². The number of nitrogens with two attached hydrogens (primary N) is 1. The van der Waals surface area contributed by atoms with E-state index in [1.54, 1.807) is 7.11 Å². The first kappa shape index (κ1) is 19.4. The minimum absolute atomic E-state index is 0. The minimum Gasteiger partial charge on any atom is -0.381 e. The third-order valence-electron chi connectivity index (χ3n) is 4.83. The predicted octanol–water partition coefficient (Wildman–Crippen LogP) is 2.39. The number of rotatable bonds is 7. The molecule has 5 nitrogen and oxygen atoms in total. The van der Waals surface area contributed by atoms with Crippen molar-refractivity contribution in [1.82, 2.24) is 10.3 Å². The molecule has 1 amide bonds. The third kappa shape index (κ3) is 3.45. The molecule has 2 rings (SSSR count). The number of nitrogens with zero attached hydrogens (tertiary/aromatic N) is 1. The Hall–Kier alpha value is -0.690. The standard InChI is InChI=1S/C15H25N3O2S.ClH/c1-4-15(5-2)11(8-12(15)20-3)18-14(19)10-9-21-13(17-10)6-7-16;/h9,11-12H,4-8,16H2,1-3H3,(H,18,19);1H. The third-order valence-corrected chi connectivity index (χ3v) is 5.74. The fourth-order valence-electron chi connectivity index (χ4n) is 3.36. The van der Waals surface area contributed by atoms with E-state index in [0.717, 1.165) is 30.7 Å². The summed E-state index contributed by atoms with van der Waals surface area (Å²) in [7, 11) is 1.75. The van der Waals surface area contributed by atoms with E-state index in [4.69, 9.17) is 10.5 Å². The monoisotopic (exact) mass is 347 g/mol. The maximum Gasteiger partial charge on any atom is 0.270 e. The van der Waals surface area contributed by atoms with E-state index < -0.39 is 0 Å². The van der Waals surface area contributed by atoms with Gasteiger partial charge in [0.2, 0.25) is 0 Å². The first-order chi connectivity index (χ1) is 10.1. The van der Waals surface area contributed by atoms with Crippen LogP contribution in [0.1, 0.15) is 48.6 Å². The number of amides is 1. The second-order valence-corrected chi connectivity index (χ2v) is 6.53. The average Bonchev–Trinajstić information content (AvgIpc) is 2.93. The number of hydrogen-bond donors (Lipinski definition) is 2. The maximum atomic E-state index is 12.3. The molecule has 1 saturated carbocycles. The Morgan fingerprint density at radius 2 is 2.23 bits per heavy atom. The van der Waals surface area contributed by atoms with Crippen molar-refractivity contribution in [2.45, 2.75) is 51.7 Å². The highest BCUT2D eigenvalue weighted by Gasteiger charge is 2.53. The Balaban J connectivity index is 0.00000242. The van der Waals surface area contributed by atoms with Crippen molar-refractivity contribution in [1.29, 1.82) is 0 Å². The van der Waals surface area contributed by atoms with Crippen molar-refractivity contribution < 1.29 is 9.53 Å². The maximum absolute atomic E-state index is 12.3. The van der Waals surface area contributed by atoms with Gasteiger partial charge in [-0.2, -0.15) is 0 Å². The molecule has 1 fully saturated rings. The number of ether oxygens (including phenoxy) is 1. The van der Waals surface area contributed by atoms with E-state index in [9.17, 15) is 4.79 Å². The number of hydrogen-bond acceptors (Lipinski definition) is 5. The lowest BCUT2D eigenvalue weighted by Gasteiger charge is -2.55. The van der Waals surface area contributed by atoms with Gasteiger partial charge in [-0.3, -0.25) is 4.79 Å². The average molecular weight is 348 g/mol. The van der Waals surface area contributed by atoms with E-state index in [0.29, 0.717) is 12.2 Å². The molecule has 1 heterocycles. The lowest BCUT2D eigenvalue weighted by molar-refractivity contribution is -0.120. The quantitative estimate of drug-likeness (QED) is 0.794. The number of nitrogens with one attached hydrogen (secondary N) is 1. The zero-order valence-corrected chi connectivity index (χ0v) is 15.1. The molecule has 3 N–H and O–H groups in total. The lowest BCUT2D eigenvalue weighted by atomic mass is 9.58. The van der Waals surface area contributed by atoms with Gasteiger partial charge >= 0.3 is 0 Å². The fourth-order valence-corrected chi connectivity index (χ4v) is 4.16. The summed E-state index contributed by atoms with van der Waals surface area (Å²) >= 11 is 1.49. The zero-order chi connectivity index (χ0) is 15.5. The minimum atomic E-state index is -0.0830. The van der Waals surface area contributed by atoms with Crippen LogP contribution in [0.25, 0.3) is 0 Å². The summed E-state index contributed by atoms with van der Waals surface area (Å²) in [5.74, 6) is -0.0830. The first-order valence-electron chi connectivity index (χ1n) is 7.59. The topological polar surface area (TPSA) is 77.2 Å². The van der Waals surface area contributed by atoms with Crippen LogP contribution in [0.3, 0.4) is 0 Å². The molecule has 1 aliphatic rings. The predicted molar refractivity (Wildman–Crippen MR) is 91.8 cm³/mol. The SMILES string of the molecule is CCC1(CC)C(NC(=O)c2csc(CCN)n2)CC1OC.Cl. The van der Waals surface area contributed by atoms with Gasteiger partial charge in [0.1, 0.15) is 5.69 Å². The van der Waals surface area contributed by atoms with Gasteiger partial charge in [-0.1, -0.05) is 13.8 Å². The molecule has 0 aliphatic heterocycles. The van der Waals surface area contributed by atoms with Crippen LogP contribution < -0.4 is 11.1 Å². The summed E-state index contributed by atoms with van der Waals surface area (Å²) in [6.07, 6.45) is 3.84. The van der Waals surface area contributed by atoms with Crippen molar-refractivity contribution in [3.63, 3.8) is 0 Å². The van der Waals surface area contributed by atoms with Crippen LogP contribution in [-0.4, -0.2) is 36.7 Å². The number of aromatic nitrogens is 1. The van der Waals surface area contributed by atoms with Gasteiger partial charge in [0.05, 0.1) is 11.1 Å². The second kappa shape index (κ2) is 8.24. The van der Waals surface area contributed by atoms with E-state index in [1.165, 1.54) is 11.3 Å². The fraction of sp³-hybridized carbons (Fsp3) is 0.733. The smallest absolute Gasteiger partial charge is 0.270 e. The number of halogens is 1. The Kier molecular flexibility index (Phi) is 7.25. The van der Waals surface area contributed by atoms with Crippen LogP contribution in [0.5, 0.6) is 0 Å². The van der Waals surface area contributed by atoms with Crippen LogP contribution in [0.15, 0.2) is 5.38 Å². The van der Waals surface area contributed by atoms with Gasteiger partial charge in [-0.05, 0) is 25.8 Å². The summed E-state index contributed by atoms with van der Waals surface area (Å²) in [4.78, 5) is 16.7. The van der Waals surface area contributed by atoms with Crippen molar-refractivity contribution in [2.75, 3.05) is 13.7 Å². The number of thiazole rings is 1. The molecule has 0 bridgehead atoms. The Bertz CT molecular complexity index is 491. The summed E-state index contributed by atoms with van der Waals surface area (Å²) in [6, 6.07) is 0.171. The summed E-state index contributed by atoms with van der Waals surface area (Å²) in [5.41, 5.74) is 6.07. The van der Waals surface area contributed by atoms with Gasteiger partial charge in [0, 0.05) is 30.4 Å². The first-order valence-corrected chi connectivity index (χ1v) is 8.47. The highest BCUT2D eigenvalue weighted by atomic mass is 35.5. The van der Waals surface area contributed by atoms with Crippen molar-refractivity contribution >= 4 is 29.7 Å². The molecule has 7 heteroatoms. The molecule has 1 aliphatic carbocycles. The molecular formula is C15H26ClN3O2S. The van der Waals surface area contributed by atoms with E-state index >= 15 is 0 Å². The summed E-state index contributed by atoms with van der Waals surface area (Å²) < 4.78 is 5.56. The van der Waals surface area contributed by atoms with E-state index in [2.05, 4.69) is 24.1 Å². The summed E-state index contributed by atoms with van der Waals surface area (Å²) in [6.45, 7) is 4.88. The number of carbonyl (C=O) groups excluding carboxylic acids is 1. The van der Waals surface area contributed by atoms with Gasteiger partial charge in [0.25, 0.3) is 5.91 Å². The molecule has 0 saturated heterocycles. The van der Waals surface area contributed by atoms with Gasteiger partial charge in [0.15, 0.2) is 0 Å². The largest absolute Gasteiger partial charge is 0.381 e. The van der Waals surface area contributed by atoms with Crippen LogP contribution in [0, 0.1) is 5.41 Å². The van der Waals surface area contributed by atoms with Gasteiger partial charge < -0.3 is 15.8 Å². The molecular weight excluding hydrogens is 322 g/mol. The zero-order valence-electron chi connectivity index (χ0n) is 13.4. The van der Waals surface area contributed by atoms with E-state index in [1.807, 2.05) is 5.38 Å². The molecule has 1 aromatic heterocycles. The molecule has 2 atom stereocenters.